The average Bonchev–Trinajstić information content (AvgIpc) is 2.73. The maximum absolute atomic E-state index is 13.2. The highest BCUT2D eigenvalue weighted by atomic mass is 16.2. The summed E-state index contributed by atoms with van der Waals surface area (Å²) in [4.78, 5) is 39.1. The number of nitrogens with one attached hydrogen (secondary N) is 1. The van der Waals surface area contributed by atoms with E-state index in [-0.39, 0.29) is 35.3 Å². The third kappa shape index (κ3) is 3.42. The van der Waals surface area contributed by atoms with E-state index >= 15 is 0 Å². The van der Waals surface area contributed by atoms with Gasteiger partial charge in [0.2, 0.25) is 5.91 Å². The second-order valence-electron chi connectivity index (χ2n) is 7.72. The lowest BCUT2D eigenvalue weighted by Gasteiger charge is -2.47. The van der Waals surface area contributed by atoms with Gasteiger partial charge >= 0.3 is 0 Å². The fraction of sp³-hybridized carbons (Fsp3) is 0.364. The SMILES string of the molecule is CC(=O)NC[C@H]1[C@H]2C[C@H](CN(C(=O)c3ccccc3C#N)C2)c2cccc(=O)n21. The highest BCUT2D eigenvalue weighted by molar-refractivity contribution is 5.96. The number of nitrogens with zero attached hydrogens (tertiary/aromatic N) is 3. The van der Waals surface area contributed by atoms with Crippen LogP contribution in [-0.4, -0.2) is 40.9 Å². The number of hydrogen-bond acceptors (Lipinski definition) is 4. The molecular weight excluding hydrogens is 368 g/mol. The van der Waals surface area contributed by atoms with Crippen molar-refractivity contribution in [1.29, 1.82) is 5.26 Å². The summed E-state index contributed by atoms with van der Waals surface area (Å²) < 4.78 is 1.79. The van der Waals surface area contributed by atoms with Crippen LogP contribution in [0.1, 0.15) is 46.9 Å². The molecule has 1 fully saturated rings. The van der Waals surface area contributed by atoms with E-state index in [1.807, 2.05) is 6.07 Å². The van der Waals surface area contributed by atoms with E-state index < -0.39 is 0 Å². The fourth-order valence-electron chi connectivity index (χ4n) is 4.66. The van der Waals surface area contributed by atoms with Gasteiger partial charge in [0, 0.05) is 44.2 Å². The molecule has 0 saturated carbocycles. The van der Waals surface area contributed by atoms with Crippen LogP contribution in [0.25, 0.3) is 0 Å². The largest absolute Gasteiger partial charge is 0.354 e. The number of benzene rings is 1. The highest BCUT2D eigenvalue weighted by Crippen LogP contribution is 2.41. The van der Waals surface area contributed by atoms with Gasteiger partial charge in [-0.15, -0.1) is 0 Å². The predicted octanol–water partition coefficient (Wildman–Crippen LogP) is 1.66. The molecule has 29 heavy (non-hydrogen) atoms. The van der Waals surface area contributed by atoms with Crippen molar-refractivity contribution in [2.45, 2.75) is 25.3 Å². The molecular formula is C22H22N4O3. The van der Waals surface area contributed by atoms with E-state index in [1.54, 1.807) is 39.8 Å². The van der Waals surface area contributed by atoms with Gasteiger partial charge in [-0.2, -0.15) is 5.26 Å². The molecule has 0 aliphatic carbocycles. The Kier molecular flexibility index (Phi) is 4.93. The highest BCUT2D eigenvalue weighted by Gasteiger charge is 2.42. The zero-order chi connectivity index (χ0) is 20.5. The number of carbonyl (C=O) groups excluding carboxylic acids is 2. The van der Waals surface area contributed by atoms with Crippen LogP contribution in [0.5, 0.6) is 0 Å². The lowest BCUT2D eigenvalue weighted by Crippen LogP contribution is -2.53. The van der Waals surface area contributed by atoms with Crippen LogP contribution < -0.4 is 10.9 Å². The molecule has 148 valence electrons. The van der Waals surface area contributed by atoms with Gasteiger partial charge in [0.25, 0.3) is 11.5 Å². The van der Waals surface area contributed by atoms with Crippen molar-refractivity contribution in [3.8, 4) is 6.07 Å². The fourth-order valence-corrected chi connectivity index (χ4v) is 4.66. The average molecular weight is 390 g/mol. The Morgan fingerprint density at radius 3 is 2.72 bits per heavy atom. The molecule has 7 nitrogen and oxygen atoms in total. The molecule has 2 aliphatic heterocycles. The second-order valence-corrected chi connectivity index (χ2v) is 7.72. The van der Waals surface area contributed by atoms with Gasteiger partial charge in [-0.1, -0.05) is 18.2 Å². The van der Waals surface area contributed by atoms with Crippen molar-refractivity contribution >= 4 is 11.8 Å². The van der Waals surface area contributed by atoms with E-state index in [0.717, 1.165) is 12.1 Å². The number of rotatable bonds is 3. The number of hydrogen-bond donors (Lipinski definition) is 1. The normalized spacial score (nSPS) is 22.3. The summed E-state index contributed by atoms with van der Waals surface area (Å²) in [5, 5.41) is 12.2. The van der Waals surface area contributed by atoms with Crippen molar-refractivity contribution in [1.82, 2.24) is 14.8 Å². The third-order valence-electron chi connectivity index (χ3n) is 5.92. The Hall–Kier alpha value is -3.40. The molecule has 1 aromatic heterocycles. The number of aromatic nitrogens is 1. The zero-order valence-corrected chi connectivity index (χ0v) is 16.2. The Labute approximate surface area is 168 Å². The van der Waals surface area contributed by atoms with Gasteiger partial charge in [0.05, 0.1) is 23.2 Å². The number of fused-ring (bicyclic) bond motifs is 4. The minimum Gasteiger partial charge on any atom is -0.354 e. The number of pyridine rings is 1. The van der Waals surface area contributed by atoms with Gasteiger partial charge in [-0.3, -0.25) is 14.4 Å². The molecule has 3 atom stereocenters. The lowest BCUT2D eigenvalue weighted by molar-refractivity contribution is -0.119. The topological polar surface area (TPSA) is 95.2 Å². The number of likely N-dealkylation sites (tertiary alicyclic amines) is 1. The van der Waals surface area contributed by atoms with Crippen LogP contribution in [0.15, 0.2) is 47.3 Å². The first-order valence-electron chi connectivity index (χ1n) is 9.74. The smallest absolute Gasteiger partial charge is 0.255 e. The number of carbonyl (C=O) groups is 2. The van der Waals surface area contributed by atoms with Crippen molar-refractivity contribution < 1.29 is 9.59 Å². The molecule has 0 spiro atoms. The summed E-state index contributed by atoms with van der Waals surface area (Å²) in [6.07, 6.45) is 0.859. The zero-order valence-electron chi connectivity index (χ0n) is 16.2. The Bertz CT molecular complexity index is 1070. The molecule has 1 aromatic carbocycles. The number of amides is 2. The van der Waals surface area contributed by atoms with E-state index in [2.05, 4.69) is 11.4 Å². The summed E-state index contributed by atoms with van der Waals surface area (Å²) in [5.74, 6) is -0.216. The van der Waals surface area contributed by atoms with Gasteiger partial charge in [0.1, 0.15) is 0 Å². The molecule has 2 aliphatic rings. The minimum atomic E-state index is -0.208. The molecule has 2 aromatic rings. The Morgan fingerprint density at radius 2 is 1.97 bits per heavy atom. The summed E-state index contributed by atoms with van der Waals surface area (Å²) in [5.41, 5.74) is 1.58. The maximum Gasteiger partial charge on any atom is 0.255 e. The summed E-state index contributed by atoms with van der Waals surface area (Å²) in [6.45, 7) is 2.79. The van der Waals surface area contributed by atoms with Crippen LogP contribution in [0.2, 0.25) is 0 Å². The van der Waals surface area contributed by atoms with Crippen LogP contribution in [0, 0.1) is 17.2 Å². The standard InChI is InChI=1S/C22H22N4O3/c1-14(27)24-11-20-17-9-16(19-7-4-8-21(28)26(19)20)12-25(13-17)22(29)18-6-3-2-5-15(18)10-23/h2-8,16-17,20H,9,11-13H2,1H3,(H,24,27)/t16-,17+,20+/m1/s1. The molecule has 1 N–H and O–H groups in total. The van der Waals surface area contributed by atoms with Gasteiger partial charge in [0.15, 0.2) is 0 Å². The molecule has 4 rings (SSSR count). The first kappa shape index (κ1) is 18.9. The molecule has 7 heteroatoms. The third-order valence-corrected chi connectivity index (χ3v) is 5.92. The Balaban J connectivity index is 1.69. The van der Waals surface area contributed by atoms with Crippen LogP contribution in [0.3, 0.4) is 0 Å². The molecule has 2 bridgehead atoms. The van der Waals surface area contributed by atoms with Gasteiger partial charge in [-0.25, -0.2) is 0 Å². The van der Waals surface area contributed by atoms with Crippen LogP contribution >= 0.6 is 0 Å². The molecule has 0 unspecified atom stereocenters. The molecule has 1 saturated heterocycles. The van der Waals surface area contributed by atoms with Crippen molar-refractivity contribution in [3.63, 3.8) is 0 Å². The lowest BCUT2D eigenvalue weighted by atomic mass is 9.78. The Morgan fingerprint density at radius 1 is 1.17 bits per heavy atom. The van der Waals surface area contributed by atoms with E-state index in [0.29, 0.717) is 30.8 Å². The van der Waals surface area contributed by atoms with Gasteiger partial charge in [-0.05, 0) is 30.5 Å². The minimum absolute atomic E-state index is 0.0476. The van der Waals surface area contributed by atoms with Crippen molar-refractivity contribution in [2.75, 3.05) is 19.6 Å². The predicted molar refractivity (Wildman–Crippen MR) is 106 cm³/mol. The van der Waals surface area contributed by atoms with Crippen molar-refractivity contribution in [2.24, 2.45) is 5.92 Å². The van der Waals surface area contributed by atoms with Crippen LogP contribution in [0.4, 0.5) is 0 Å². The van der Waals surface area contributed by atoms with Crippen molar-refractivity contribution in [3.05, 3.63) is 69.6 Å². The quantitative estimate of drug-likeness (QED) is 0.862. The summed E-state index contributed by atoms with van der Waals surface area (Å²) in [6, 6.07) is 13.9. The molecule has 3 heterocycles. The molecule has 2 amide bonds. The summed E-state index contributed by atoms with van der Waals surface area (Å²) in [7, 11) is 0. The van der Waals surface area contributed by atoms with Crippen LogP contribution in [-0.2, 0) is 4.79 Å². The maximum atomic E-state index is 13.2. The summed E-state index contributed by atoms with van der Waals surface area (Å²) >= 11 is 0. The monoisotopic (exact) mass is 390 g/mol. The first-order chi connectivity index (χ1) is 14.0. The van der Waals surface area contributed by atoms with E-state index in [9.17, 15) is 19.6 Å². The van der Waals surface area contributed by atoms with E-state index in [4.69, 9.17) is 0 Å². The second kappa shape index (κ2) is 7.55. The molecule has 0 radical (unpaired) electrons. The number of nitriles is 1. The van der Waals surface area contributed by atoms with E-state index in [1.165, 1.54) is 13.0 Å². The van der Waals surface area contributed by atoms with Gasteiger partial charge < -0.3 is 14.8 Å². The number of piperidine rings is 1. The first-order valence-corrected chi connectivity index (χ1v) is 9.74.